The van der Waals surface area contributed by atoms with Crippen LogP contribution in [0, 0.1) is 0 Å². The Balaban J connectivity index is 1.76. The summed E-state index contributed by atoms with van der Waals surface area (Å²) in [5.74, 6) is 1.73. The van der Waals surface area contributed by atoms with Crippen molar-refractivity contribution in [1.82, 2.24) is 10.3 Å². The third-order valence-corrected chi connectivity index (χ3v) is 3.73. The van der Waals surface area contributed by atoms with E-state index in [1.807, 2.05) is 44.4 Å². The molecule has 1 aromatic heterocycles. The third kappa shape index (κ3) is 4.51. The lowest BCUT2D eigenvalue weighted by atomic mass is 10.3. The number of nitrogens with zero attached hydrogens (tertiary/aromatic N) is 1. The van der Waals surface area contributed by atoms with Crippen molar-refractivity contribution in [3.05, 3.63) is 40.3 Å². The molecular weight excluding hydrogens is 272 g/mol. The number of thiazole rings is 1. The van der Waals surface area contributed by atoms with Crippen LogP contribution in [0.15, 0.2) is 30.5 Å². The van der Waals surface area contributed by atoms with Gasteiger partial charge in [0.05, 0.1) is 18.2 Å². The molecule has 0 amide bonds. The summed E-state index contributed by atoms with van der Waals surface area (Å²) < 4.78 is 11.1. The average Bonchev–Trinajstić information content (AvgIpc) is 2.89. The molecule has 0 bridgehead atoms. The molecule has 0 fully saturated rings. The molecule has 1 heterocycles. The van der Waals surface area contributed by atoms with Gasteiger partial charge < -0.3 is 14.8 Å². The van der Waals surface area contributed by atoms with Crippen molar-refractivity contribution in [1.29, 1.82) is 0 Å². The highest BCUT2D eigenvalue weighted by molar-refractivity contribution is 7.11. The van der Waals surface area contributed by atoms with E-state index in [-0.39, 0.29) is 0 Å². The maximum Gasteiger partial charge on any atom is 0.119 e. The molecule has 1 N–H and O–H groups in total. The second-order valence-corrected chi connectivity index (χ2v) is 5.45. The van der Waals surface area contributed by atoms with E-state index < -0.39 is 0 Å². The molecule has 0 aliphatic heterocycles. The molecule has 2 rings (SSSR count). The molecule has 0 aliphatic carbocycles. The zero-order valence-corrected chi connectivity index (χ0v) is 12.7. The van der Waals surface area contributed by atoms with Gasteiger partial charge in [-0.05, 0) is 38.2 Å². The van der Waals surface area contributed by atoms with Crippen molar-refractivity contribution >= 4 is 11.3 Å². The van der Waals surface area contributed by atoms with Crippen molar-refractivity contribution in [2.45, 2.75) is 19.9 Å². The quantitative estimate of drug-likeness (QED) is 0.812. The maximum absolute atomic E-state index is 5.71. The van der Waals surface area contributed by atoms with E-state index in [0.29, 0.717) is 13.2 Å². The van der Waals surface area contributed by atoms with Gasteiger partial charge in [0.25, 0.3) is 0 Å². The van der Waals surface area contributed by atoms with Gasteiger partial charge in [-0.1, -0.05) is 0 Å². The molecule has 1 aromatic carbocycles. The van der Waals surface area contributed by atoms with Gasteiger partial charge in [0.1, 0.15) is 11.5 Å². The Labute approximate surface area is 123 Å². The Morgan fingerprint density at radius 3 is 2.50 bits per heavy atom. The Hall–Kier alpha value is -1.59. The van der Waals surface area contributed by atoms with Crippen molar-refractivity contribution in [3.8, 4) is 11.5 Å². The molecule has 0 saturated carbocycles. The van der Waals surface area contributed by atoms with E-state index in [1.54, 1.807) is 11.3 Å². The van der Waals surface area contributed by atoms with Gasteiger partial charge in [-0.3, -0.25) is 0 Å². The van der Waals surface area contributed by atoms with Crippen molar-refractivity contribution in [2.75, 3.05) is 20.3 Å². The van der Waals surface area contributed by atoms with Crippen LogP contribution in [-0.2, 0) is 13.0 Å². The lowest BCUT2D eigenvalue weighted by Gasteiger charge is -2.06. The summed E-state index contributed by atoms with van der Waals surface area (Å²) in [5.41, 5.74) is 0. The Bertz CT molecular complexity index is 511. The van der Waals surface area contributed by atoms with Crippen LogP contribution >= 0.6 is 11.3 Å². The minimum atomic E-state index is 0.639. The first kappa shape index (κ1) is 14.8. The van der Waals surface area contributed by atoms with Gasteiger partial charge in [0.15, 0.2) is 0 Å². The van der Waals surface area contributed by atoms with Crippen LogP contribution in [0.5, 0.6) is 11.5 Å². The summed E-state index contributed by atoms with van der Waals surface area (Å²) in [4.78, 5) is 5.64. The molecule has 0 unspecified atom stereocenters. The minimum absolute atomic E-state index is 0.639. The van der Waals surface area contributed by atoms with Crippen molar-refractivity contribution < 1.29 is 9.47 Å². The molecule has 0 aliphatic rings. The van der Waals surface area contributed by atoms with Crippen LogP contribution in [0.2, 0.25) is 0 Å². The molecule has 108 valence electrons. The number of benzene rings is 1. The molecule has 0 spiro atoms. The van der Waals surface area contributed by atoms with Gasteiger partial charge in [-0.15, -0.1) is 11.3 Å². The SMILES string of the molecule is CCOc1ccc(OCCc2ncc(CNC)s2)cc1. The molecule has 0 atom stereocenters. The largest absolute Gasteiger partial charge is 0.494 e. The lowest BCUT2D eigenvalue weighted by Crippen LogP contribution is -2.02. The molecule has 0 saturated heterocycles. The number of rotatable bonds is 8. The molecular formula is C15H20N2O2S. The summed E-state index contributed by atoms with van der Waals surface area (Å²) in [6.07, 6.45) is 2.76. The van der Waals surface area contributed by atoms with Gasteiger partial charge in [-0.25, -0.2) is 4.98 Å². The van der Waals surface area contributed by atoms with Crippen LogP contribution in [-0.4, -0.2) is 25.2 Å². The van der Waals surface area contributed by atoms with E-state index in [0.717, 1.165) is 29.5 Å². The fraction of sp³-hybridized carbons (Fsp3) is 0.400. The summed E-state index contributed by atoms with van der Waals surface area (Å²) >= 11 is 1.73. The first-order valence-electron chi connectivity index (χ1n) is 6.75. The van der Waals surface area contributed by atoms with Crippen molar-refractivity contribution in [3.63, 3.8) is 0 Å². The summed E-state index contributed by atoms with van der Waals surface area (Å²) in [6, 6.07) is 7.71. The normalized spacial score (nSPS) is 10.5. The third-order valence-electron chi connectivity index (χ3n) is 2.67. The minimum Gasteiger partial charge on any atom is -0.494 e. The Kier molecular flexibility index (Phi) is 5.83. The Morgan fingerprint density at radius 2 is 1.85 bits per heavy atom. The molecule has 2 aromatic rings. The zero-order chi connectivity index (χ0) is 14.2. The van der Waals surface area contributed by atoms with E-state index in [1.165, 1.54) is 4.88 Å². The highest BCUT2D eigenvalue weighted by Gasteiger charge is 2.02. The fourth-order valence-electron chi connectivity index (χ4n) is 1.77. The van der Waals surface area contributed by atoms with E-state index >= 15 is 0 Å². The molecule has 20 heavy (non-hydrogen) atoms. The number of aromatic nitrogens is 1. The van der Waals surface area contributed by atoms with E-state index in [9.17, 15) is 0 Å². The van der Waals surface area contributed by atoms with Crippen molar-refractivity contribution in [2.24, 2.45) is 0 Å². The van der Waals surface area contributed by atoms with E-state index in [2.05, 4.69) is 10.3 Å². The second kappa shape index (κ2) is 7.87. The second-order valence-electron chi connectivity index (χ2n) is 4.25. The topological polar surface area (TPSA) is 43.4 Å². The molecule has 0 radical (unpaired) electrons. The first-order chi connectivity index (χ1) is 9.81. The average molecular weight is 292 g/mol. The zero-order valence-electron chi connectivity index (χ0n) is 11.9. The monoisotopic (exact) mass is 292 g/mol. The van der Waals surface area contributed by atoms with Crippen LogP contribution in [0.25, 0.3) is 0 Å². The standard InChI is InChI=1S/C15H20N2O2S/c1-3-18-12-4-6-13(7-5-12)19-9-8-15-17-11-14(20-15)10-16-2/h4-7,11,16H,3,8-10H2,1-2H3. The van der Waals surface area contributed by atoms with Crippen LogP contribution in [0.3, 0.4) is 0 Å². The predicted molar refractivity (Wildman–Crippen MR) is 81.7 cm³/mol. The molecule has 5 heteroatoms. The van der Waals surface area contributed by atoms with Gasteiger partial charge in [0, 0.05) is 24.0 Å². The van der Waals surface area contributed by atoms with Gasteiger partial charge in [-0.2, -0.15) is 0 Å². The predicted octanol–water partition coefficient (Wildman–Crippen LogP) is 2.88. The fourth-order valence-corrected chi connectivity index (χ4v) is 2.69. The highest BCUT2D eigenvalue weighted by atomic mass is 32.1. The maximum atomic E-state index is 5.71. The number of hydrogen-bond donors (Lipinski definition) is 1. The number of hydrogen-bond acceptors (Lipinski definition) is 5. The van der Waals surface area contributed by atoms with E-state index in [4.69, 9.17) is 9.47 Å². The highest BCUT2D eigenvalue weighted by Crippen LogP contribution is 2.18. The van der Waals surface area contributed by atoms with Crippen LogP contribution in [0.1, 0.15) is 16.8 Å². The van der Waals surface area contributed by atoms with Gasteiger partial charge >= 0.3 is 0 Å². The van der Waals surface area contributed by atoms with Crippen LogP contribution in [0.4, 0.5) is 0 Å². The summed E-state index contributed by atoms with van der Waals surface area (Å²) in [5, 5.41) is 4.23. The number of ether oxygens (including phenoxy) is 2. The Morgan fingerprint density at radius 1 is 1.15 bits per heavy atom. The van der Waals surface area contributed by atoms with Gasteiger partial charge in [0.2, 0.25) is 0 Å². The van der Waals surface area contributed by atoms with Crippen LogP contribution < -0.4 is 14.8 Å². The molecule has 4 nitrogen and oxygen atoms in total. The summed E-state index contributed by atoms with van der Waals surface area (Å²) in [7, 11) is 1.94. The first-order valence-corrected chi connectivity index (χ1v) is 7.57. The summed E-state index contributed by atoms with van der Waals surface area (Å²) in [6.45, 7) is 4.16. The number of nitrogens with one attached hydrogen (secondary N) is 1. The smallest absolute Gasteiger partial charge is 0.119 e. The lowest BCUT2D eigenvalue weighted by molar-refractivity contribution is 0.318.